The van der Waals surface area contributed by atoms with E-state index in [4.69, 9.17) is 5.73 Å². The number of benzene rings is 2. The molecule has 2 aromatic carbocycles. The van der Waals surface area contributed by atoms with E-state index < -0.39 is 0 Å². The van der Waals surface area contributed by atoms with E-state index in [2.05, 4.69) is 42.1 Å². The third kappa shape index (κ3) is 1.93. The van der Waals surface area contributed by atoms with Crippen LogP contribution < -0.4 is 10.6 Å². The molecule has 0 atom stereocenters. The smallest absolute Gasteiger partial charge is 0.0696 e. The van der Waals surface area contributed by atoms with Crippen molar-refractivity contribution in [2.24, 2.45) is 0 Å². The van der Waals surface area contributed by atoms with Crippen molar-refractivity contribution in [3.63, 3.8) is 0 Å². The van der Waals surface area contributed by atoms with Crippen LogP contribution in [0.5, 0.6) is 0 Å². The number of anilines is 3. The fourth-order valence-electron chi connectivity index (χ4n) is 2.52. The van der Waals surface area contributed by atoms with Gasteiger partial charge in [0.2, 0.25) is 0 Å². The molecule has 96 valence electrons. The van der Waals surface area contributed by atoms with Crippen LogP contribution in [-0.4, -0.2) is 12.0 Å². The summed E-state index contributed by atoms with van der Waals surface area (Å²) in [6, 6.07) is 16.3. The molecule has 3 rings (SSSR count). The summed E-state index contributed by atoms with van der Waals surface area (Å²) in [6.45, 7) is 2.10. The summed E-state index contributed by atoms with van der Waals surface area (Å²) in [5, 5.41) is 1.24. The minimum Gasteiger partial charge on any atom is -0.399 e. The zero-order chi connectivity index (χ0) is 13.4. The first-order valence-electron chi connectivity index (χ1n) is 6.33. The summed E-state index contributed by atoms with van der Waals surface area (Å²) in [4.78, 5) is 5.61. The highest BCUT2D eigenvalue weighted by Gasteiger charge is 2.13. The van der Waals surface area contributed by atoms with Crippen molar-refractivity contribution in [3.05, 3.63) is 54.2 Å². The number of rotatable bonds is 2. The Labute approximate surface area is 112 Å². The monoisotopic (exact) mass is 251 g/mol. The van der Waals surface area contributed by atoms with Gasteiger partial charge in [0.15, 0.2) is 0 Å². The summed E-state index contributed by atoms with van der Waals surface area (Å²) >= 11 is 0. The molecule has 0 aliphatic carbocycles. The number of hydrogen-bond acceptors (Lipinski definition) is 2. The van der Waals surface area contributed by atoms with Gasteiger partial charge in [0.1, 0.15) is 0 Å². The lowest BCUT2D eigenvalue weighted by molar-refractivity contribution is 1.18. The van der Waals surface area contributed by atoms with Crippen molar-refractivity contribution < 1.29 is 0 Å². The average Bonchev–Trinajstić information content (AvgIpc) is 2.74. The van der Waals surface area contributed by atoms with Gasteiger partial charge in [-0.15, -0.1) is 0 Å². The van der Waals surface area contributed by atoms with Gasteiger partial charge in [0.05, 0.1) is 5.69 Å². The third-order valence-electron chi connectivity index (χ3n) is 3.48. The van der Waals surface area contributed by atoms with E-state index in [1.165, 1.54) is 16.8 Å². The van der Waals surface area contributed by atoms with Crippen molar-refractivity contribution in [1.29, 1.82) is 0 Å². The van der Waals surface area contributed by atoms with Gasteiger partial charge in [0.25, 0.3) is 0 Å². The Morgan fingerprint density at radius 2 is 1.68 bits per heavy atom. The molecule has 1 aromatic heterocycles. The van der Waals surface area contributed by atoms with Crippen molar-refractivity contribution >= 4 is 28.0 Å². The molecule has 3 heteroatoms. The Balaban J connectivity index is 2.13. The minimum absolute atomic E-state index is 0.785. The average molecular weight is 251 g/mol. The number of nitrogen functional groups attached to an aromatic ring is 1. The predicted octanol–water partition coefficient (Wildman–Crippen LogP) is 3.83. The maximum Gasteiger partial charge on any atom is 0.0696 e. The van der Waals surface area contributed by atoms with Crippen LogP contribution in [0.3, 0.4) is 0 Å². The molecular formula is C16H17N3. The summed E-state index contributed by atoms with van der Waals surface area (Å²) in [5.41, 5.74) is 11.2. The Bertz CT molecular complexity index is 710. The summed E-state index contributed by atoms with van der Waals surface area (Å²) < 4.78 is 0. The summed E-state index contributed by atoms with van der Waals surface area (Å²) in [7, 11) is 2.08. The van der Waals surface area contributed by atoms with E-state index in [1.54, 1.807) is 0 Å². The number of aryl methyl sites for hydroxylation is 1. The van der Waals surface area contributed by atoms with Crippen LogP contribution in [-0.2, 0) is 0 Å². The van der Waals surface area contributed by atoms with Gasteiger partial charge >= 0.3 is 0 Å². The van der Waals surface area contributed by atoms with Gasteiger partial charge in [-0.25, -0.2) is 0 Å². The van der Waals surface area contributed by atoms with Crippen LogP contribution >= 0.6 is 0 Å². The van der Waals surface area contributed by atoms with E-state index in [-0.39, 0.29) is 0 Å². The number of hydrogen-bond donors (Lipinski definition) is 2. The first kappa shape index (κ1) is 11.7. The molecular weight excluding hydrogens is 234 g/mol. The molecule has 0 amide bonds. The lowest BCUT2D eigenvalue weighted by Gasteiger charge is -2.20. The highest BCUT2D eigenvalue weighted by Crippen LogP contribution is 2.34. The zero-order valence-corrected chi connectivity index (χ0v) is 11.1. The minimum atomic E-state index is 0.785. The zero-order valence-electron chi connectivity index (χ0n) is 11.1. The van der Waals surface area contributed by atoms with E-state index >= 15 is 0 Å². The molecule has 19 heavy (non-hydrogen) atoms. The number of H-pyrrole nitrogens is 1. The number of nitrogens with zero attached hydrogens (tertiary/aromatic N) is 1. The highest BCUT2D eigenvalue weighted by molar-refractivity contribution is 5.96. The highest BCUT2D eigenvalue weighted by atomic mass is 15.1. The Hall–Kier alpha value is -2.42. The molecule has 1 heterocycles. The molecule has 0 aliphatic rings. The number of nitrogens with one attached hydrogen (secondary N) is 1. The Morgan fingerprint density at radius 1 is 1.00 bits per heavy atom. The van der Waals surface area contributed by atoms with Crippen LogP contribution in [0.4, 0.5) is 17.1 Å². The van der Waals surface area contributed by atoms with Crippen LogP contribution in [0.15, 0.2) is 48.5 Å². The van der Waals surface area contributed by atoms with E-state index in [9.17, 15) is 0 Å². The molecule has 0 aliphatic heterocycles. The van der Waals surface area contributed by atoms with Crippen molar-refractivity contribution in [2.75, 3.05) is 17.7 Å². The van der Waals surface area contributed by atoms with Crippen LogP contribution in [0.1, 0.15) is 5.69 Å². The molecule has 3 N–H and O–H groups in total. The summed E-state index contributed by atoms with van der Waals surface area (Å²) in [6.07, 6.45) is 0. The molecule has 3 aromatic rings. The second-order valence-corrected chi connectivity index (χ2v) is 4.79. The molecule has 0 fully saturated rings. The van der Waals surface area contributed by atoms with Crippen molar-refractivity contribution in [2.45, 2.75) is 6.92 Å². The quantitative estimate of drug-likeness (QED) is 0.680. The fourth-order valence-corrected chi connectivity index (χ4v) is 2.52. The molecule has 0 radical (unpaired) electrons. The number of aromatic nitrogens is 1. The predicted molar refractivity (Wildman–Crippen MR) is 82.0 cm³/mol. The molecule has 0 bridgehead atoms. The molecule has 3 nitrogen and oxygen atoms in total. The molecule has 0 spiro atoms. The first-order valence-corrected chi connectivity index (χ1v) is 6.33. The number of nitrogens with two attached hydrogens (primary N) is 1. The number of para-hydroxylation sites is 1. The second-order valence-electron chi connectivity index (χ2n) is 4.79. The topological polar surface area (TPSA) is 45.0 Å². The van der Waals surface area contributed by atoms with Crippen LogP contribution in [0.25, 0.3) is 10.9 Å². The van der Waals surface area contributed by atoms with Gasteiger partial charge in [-0.05, 0) is 37.3 Å². The van der Waals surface area contributed by atoms with Crippen molar-refractivity contribution in [3.8, 4) is 0 Å². The lowest BCUT2D eigenvalue weighted by Crippen LogP contribution is -2.10. The molecule has 0 unspecified atom stereocenters. The van der Waals surface area contributed by atoms with Gasteiger partial charge in [0, 0.05) is 35.0 Å². The Morgan fingerprint density at radius 3 is 2.42 bits per heavy atom. The number of aromatic amines is 1. The molecule has 0 saturated heterocycles. The van der Waals surface area contributed by atoms with Gasteiger partial charge in [-0.1, -0.05) is 18.2 Å². The van der Waals surface area contributed by atoms with Gasteiger partial charge < -0.3 is 15.6 Å². The second kappa shape index (κ2) is 4.35. The SMILES string of the molecule is Cc1[nH]c2ccccc2c1N(C)c1ccc(N)cc1. The third-order valence-corrected chi connectivity index (χ3v) is 3.48. The van der Waals surface area contributed by atoms with Crippen molar-refractivity contribution in [1.82, 2.24) is 4.98 Å². The normalized spacial score (nSPS) is 10.8. The standard InChI is InChI=1S/C16H17N3/c1-11-16(14-5-3-4-6-15(14)18-11)19(2)13-9-7-12(17)8-10-13/h3-10,18H,17H2,1-2H3. The number of fused-ring (bicyclic) bond motifs is 1. The van der Waals surface area contributed by atoms with E-state index in [0.717, 1.165) is 16.9 Å². The van der Waals surface area contributed by atoms with E-state index in [1.807, 2.05) is 30.3 Å². The van der Waals surface area contributed by atoms with Gasteiger partial charge in [-0.3, -0.25) is 0 Å². The lowest BCUT2D eigenvalue weighted by atomic mass is 10.2. The maximum atomic E-state index is 5.74. The Kier molecular flexibility index (Phi) is 2.67. The molecule has 0 saturated carbocycles. The van der Waals surface area contributed by atoms with Crippen LogP contribution in [0, 0.1) is 6.92 Å². The first-order chi connectivity index (χ1) is 9.16. The van der Waals surface area contributed by atoms with Gasteiger partial charge in [-0.2, -0.15) is 0 Å². The maximum absolute atomic E-state index is 5.74. The van der Waals surface area contributed by atoms with Crippen LogP contribution in [0.2, 0.25) is 0 Å². The van der Waals surface area contributed by atoms with E-state index in [0.29, 0.717) is 0 Å². The largest absolute Gasteiger partial charge is 0.399 e. The summed E-state index contributed by atoms with van der Waals surface area (Å²) in [5.74, 6) is 0. The fraction of sp³-hybridized carbons (Fsp3) is 0.125.